The Morgan fingerprint density at radius 3 is 2.31 bits per heavy atom. The van der Waals surface area contributed by atoms with Crippen LogP contribution in [-0.4, -0.2) is 18.9 Å². The zero-order valence-electron chi connectivity index (χ0n) is 9.10. The number of rotatable bonds is 1. The zero-order chi connectivity index (χ0) is 12.5. The molecule has 0 aromatic rings. The van der Waals surface area contributed by atoms with E-state index in [0.29, 0.717) is 11.2 Å². The van der Waals surface area contributed by atoms with E-state index >= 15 is 0 Å². The van der Waals surface area contributed by atoms with Gasteiger partial charge in [-0.25, -0.2) is 0 Å². The van der Waals surface area contributed by atoms with Gasteiger partial charge in [-0.05, 0) is 19.9 Å². The normalized spacial score (nSPS) is 19.6. The fourth-order valence-corrected chi connectivity index (χ4v) is 1.28. The molecule has 0 aromatic carbocycles. The predicted octanol–water partition coefficient (Wildman–Crippen LogP) is 3.24. The molecule has 5 heteroatoms. The fourth-order valence-electron chi connectivity index (χ4n) is 1.28. The molecule has 0 aromatic heterocycles. The molecule has 0 saturated heterocycles. The van der Waals surface area contributed by atoms with E-state index in [4.69, 9.17) is 7.85 Å². The maximum atomic E-state index is 12.6. The summed E-state index contributed by atoms with van der Waals surface area (Å²) in [6, 6.07) is 0. The van der Waals surface area contributed by atoms with Crippen molar-refractivity contribution in [2.24, 2.45) is 0 Å². The molecule has 0 saturated carbocycles. The summed E-state index contributed by atoms with van der Waals surface area (Å²) in [7, 11) is 5.52. The molecule has 0 aliphatic carbocycles. The van der Waals surface area contributed by atoms with Crippen LogP contribution < -0.4 is 0 Å². The Morgan fingerprint density at radius 2 is 1.88 bits per heavy atom. The lowest BCUT2D eigenvalue weighted by molar-refractivity contribution is -0.0927. The molecular formula is C11H11BF3N. The summed E-state index contributed by atoms with van der Waals surface area (Å²) in [5.74, 6) is 0. The first kappa shape index (κ1) is 12.7. The highest BCUT2D eigenvalue weighted by atomic mass is 19.4. The maximum absolute atomic E-state index is 12.6. The van der Waals surface area contributed by atoms with Crippen LogP contribution >= 0.6 is 0 Å². The van der Waals surface area contributed by atoms with Gasteiger partial charge < -0.3 is 4.90 Å². The number of hydrogen-bond donors (Lipinski definition) is 0. The Hall–Kier alpha value is -1.39. The van der Waals surface area contributed by atoms with E-state index in [-0.39, 0.29) is 5.70 Å². The second kappa shape index (κ2) is 4.24. The predicted molar refractivity (Wildman–Crippen MR) is 58.4 cm³/mol. The Labute approximate surface area is 94.0 Å². The molecule has 16 heavy (non-hydrogen) atoms. The van der Waals surface area contributed by atoms with Crippen LogP contribution in [0.4, 0.5) is 13.2 Å². The molecule has 0 spiro atoms. The van der Waals surface area contributed by atoms with Gasteiger partial charge >= 0.3 is 6.18 Å². The molecule has 1 rings (SSSR count). The Morgan fingerprint density at radius 1 is 1.31 bits per heavy atom. The molecule has 0 atom stereocenters. The molecule has 84 valence electrons. The molecule has 0 unspecified atom stereocenters. The van der Waals surface area contributed by atoms with E-state index in [2.05, 4.69) is 6.58 Å². The van der Waals surface area contributed by atoms with Crippen molar-refractivity contribution in [2.75, 3.05) is 0 Å². The van der Waals surface area contributed by atoms with E-state index in [1.165, 1.54) is 23.3 Å². The monoisotopic (exact) mass is 225 g/mol. The average molecular weight is 225 g/mol. The standard InChI is InChI=1S/C11H11BF3N/c1-7(2)16-6-9(12)4-5-10(16)8(3)11(13,14)15/h4-6H,1H2,2-3H3/b10-8+. The van der Waals surface area contributed by atoms with Gasteiger partial charge in [-0.1, -0.05) is 18.1 Å². The third-order valence-electron chi connectivity index (χ3n) is 2.19. The van der Waals surface area contributed by atoms with Crippen molar-refractivity contribution in [2.45, 2.75) is 20.0 Å². The highest BCUT2D eigenvalue weighted by Crippen LogP contribution is 2.32. The van der Waals surface area contributed by atoms with E-state index in [1.807, 2.05) is 0 Å². The minimum atomic E-state index is -4.35. The van der Waals surface area contributed by atoms with Gasteiger partial charge in [0.1, 0.15) is 7.85 Å². The maximum Gasteiger partial charge on any atom is 0.414 e. The third-order valence-corrected chi connectivity index (χ3v) is 2.19. The molecule has 1 nitrogen and oxygen atoms in total. The quantitative estimate of drug-likeness (QED) is 0.619. The summed E-state index contributed by atoms with van der Waals surface area (Å²) in [6.45, 7) is 6.27. The summed E-state index contributed by atoms with van der Waals surface area (Å²) in [5, 5.41) is 0. The van der Waals surface area contributed by atoms with Gasteiger partial charge in [0.25, 0.3) is 0 Å². The smallest absolute Gasteiger partial charge is 0.322 e. The van der Waals surface area contributed by atoms with Crippen molar-refractivity contribution in [1.82, 2.24) is 4.90 Å². The number of alkyl halides is 3. The number of allylic oxidation sites excluding steroid dienone is 5. The van der Waals surface area contributed by atoms with Crippen molar-refractivity contribution >= 4 is 7.85 Å². The molecule has 0 bridgehead atoms. The van der Waals surface area contributed by atoms with Crippen LogP contribution in [0.1, 0.15) is 13.8 Å². The first-order valence-corrected chi connectivity index (χ1v) is 4.61. The highest BCUT2D eigenvalue weighted by molar-refractivity contribution is 6.23. The van der Waals surface area contributed by atoms with Gasteiger partial charge in [-0.3, -0.25) is 0 Å². The van der Waals surface area contributed by atoms with Crippen molar-refractivity contribution < 1.29 is 13.2 Å². The van der Waals surface area contributed by atoms with E-state index in [9.17, 15) is 13.2 Å². The van der Waals surface area contributed by atoms with Crippen molar-refractivity contribution in [3.05, 3.63) is 47.4 Å². The van der Waals surface area contributed by atoms with Gasteiger partial charge in [0.15, 0.2) is 0 Å². The number of halogens is 3. The molecule has 0 N–H and O–H groups in total. The Bertz CT molecular complexity index is 402. The van der Waals surface area contributed by atoms with E-state index in [1.54, 1.807) is 6.92 Å². The third kappa shape index (κ3) is 2.59. The van der Waals surface area contributed by atoms with Gasteiger partial charge in [0.2, 0.25) is 0 Å². The number of hydrogen-bond acceptors (Lipinski definition) is 1. The fraction of sp³-hybridized carbons (Fsp3) is 0.273. The van der Waals surface area contributed by atoms with Crippen LogP contribution in [0.15, 0.2) is 47.4 Å². The average Bonchev–Trinajstić information content (AvgIpc) is 2.15. The van der Waals surface area contributed by atoms with Crippen LogP contribution in [-0.2, 0) is 0 Å². The van der Waals surface area contributed by atoms with Crippen molar-refractivity contribution in [1.29, 1.82) is 0 Å². The van der Waals surface area contributed by atoms with Gasteiger partial charge in [-0.2, -0.15) is 13.2 Å². The molecule has 0 amide bonds. The molecule has 1 aliphatic rings. The topological polar surface area (TPSA) is 3.24 Å². The van der Waals surface area contributed by atoms with Crippen LogP contribution in [0, 0.1) is 0 Å². The lowest BCUT2D eigenvalue weighted by Crippen LogP contribution is -2.22. The lowest BCUT2D eigenvalue weighted by Gasteiger charge is -2.28. The molecule has 1 aliphatic heterocycles. The lowest BCUT2D eigenvalue weighted by atomic mass is 9.93. The first-order valence-electron chi connectivity index (χ1n) is 4.61. The highest BCUT2D eigenvalue weighted by Gasteiger charge is 2.34. The molecule has 0 fully saturated rings. The van der Waals surface area contributed by atoms with Crippen LogP contribution in [0.5, 0.6) is 0 Å². The van der Waals surface area contributed by atoms with Crippen molar-refractivity contribution in [3.63, 3.8) is 0 Å². The van der Waals surface area contributed by atoms with Gasteiger partial charge in [0.05, 0.1) is 11.3 Å². The van der Waals surface area contributed by atoms with E-state index in [0.717, 1.165) is 6.92 Å². The van der Waals surface area contributed by atoms with Crippen LogP contribution in [0.25, 0.3) is 0 Å². The first-order chi connectivity index (χ1) is 7.23. The summed E-state index contributed by atoms with van der Waals surface area (Å²) in [6.07, 6.45) is -0.156. The van der Waals surface area contributed by atoms with Gasteiger partial charge in [-0.15, -0.1) is 0 Å². The largest absolute Gasteiger partial charge is 0.414 e. The SMILES string of the molecule is [B]C1=CN(C(=C)C)/C(=C(\C)C(F)(F)F)C=C1. The molecule has 1 heterocycles. The summed E-state index contributed by atoms with van der Waals surface area (Å²) in [5.41, 5.74) is 0.248. The van der Waals surface area contributed by atoms with E-state index < -0.39 is 11.7 Å². The number of nitrogens with zero attached hydrogens (tertiary/aromatic N) is 1. The molecular weight excluding hydrogens is 214 g/mol. The Kier molecular flexibility index (Phi) is 3.36. The van der Waals surface area contributed by atoms with Crippen LogP contribution in [0.2, 0.25) is 0 Å². The second-order valence-corrected chi connectivity index (χ2v) is 3.58. The minimum Gasteiger partial charge on any atom is -0.322 e. The Balaban J connectivity index is 3.24. The molecule has 2 radical (unpaired) electrons. The minimum absolute atomic E-state index is 0.0502. The summed E-state index contributed by atoms with van der Waals surface area (Å²) >= 11 is 0. The van der Waals surface area contributed by atoms with Gasteiger partial charge in [0, 0.05) is 11.9 Å². The van der Waals surface area contributed by atoms with Crippen LogP contribution in [0.3, 0.4) is 0 Å². The summed E-state index contributed by atoms with van der Waals surface area (Å²) in [4.78, 5) is 1.33. The second-order valence-electron chi connectivity index (χ2n) is 3.58. The summed E-state index contributed by atoms with van der Waals surface area (Å²) < 4.78 is 37.7. The van der Waals surface area contributed by atoms with Crippen molar-refractivity contribution in [3.8, 4) is 0 Å². The zero-order valence-corrected chi connectivity index (χ0v) is 9.10.